The van der Waals surface area contributed by atoms with Crippen molar-refractivity contribution in [2.24, 2.45) is 0 Å². The highest BCUT2D eigenvalue weighted by atomic mass is 32.2. The van der Waals surface area contributed by atoms with Gasteiger partial charge >= 0.3 is 0 Å². The molecule has 1 saturated heterocycles. The molecule has 2 aliphatic rings. The molecule has 0 aliphatic carbocycles. The molecule has 1 atom stereocenters. The fraction of sp³-hybridized carbons (Fsp3) is 0.450. The third-order valence-electron chi connectivity index (χ3n) is 5.48. The predicted molar refractivity (Wildman–Crippen MR) is 112 cm³/mol. The minimum atomic E-state index is -3.31. The first-order chi connectivity index (χ1) is 13.3. The average molecular weight is 420 g/mol. The Bertz CT molecular complexity index is 965. The smallest absolute Gasteiger partial charge is 0.253 e. The van der Waals surface area contributed by atoms with Crippen molar-refractivity contribution in [2.45, 2.75) is 25.9 Å². The van der Waals surface area contributed by atoms with Gasteiger partial charge in [0.1, 0.15) is 0 Å². The zero-order chi connectivity index (χ0) is 19.9. The molecule has 1 aromatic carbocycles. The number of carbonyl (C=O) groups is 1. The zero-order valence-corrected chi connectivity index (χ0v) is 17.8. The lowest BCUT2D eigenvalue weighted by molar-refractivity contribution is 0.0628. The third kappa shape index (κ3) is 3.81. The standard InChI is InChI=1S/C20H25N3O3S2/c1-15-11-18-12-17(3-4-19(18)23(15)28(2,25)26)20(24)22-8-6-21(7-9-22)13-16-5-10-27-14-16/h3-5,10,12,14-15H,6-9,11,13H2,1-2H3/t15-/m1/s1. The summed E-state index contributed by atoms with van der Waals surface area (Å²) in [4.78, 5) is 17.2. The molecule has 4 rings (SSSR count). The molecular weight excluding hydrogens is 394 g/mol. The fourth-order valence-electron chi connectivity index (χ4n) is 4.17. The van der Waals surface area contributed by atoms with E-state index in [1.807, 2.05) is 17.9 Å². The summed E-state index contributed by atoms with van der Waals surface area (Å²) in [5, 5.41) is 4.26. The van der Waals surface area contributed by atoms with Gasteiger partial charge in [0.2, 0.25) is 10.0 Å². The van der Waals surface area contributed by atoms with Crippen LogP contribution in [0.2, 0.25) is 0 Å². The summed E-state index contributed by atoms with van der Waals surface area (Å²) >= 11 is 1.71. The molecule has 0 spiro atoms. The van der Waals surface area contributed by atoms with Crippen LogP contribution in [0.3, 0.4) is 0 Å². The number of sulfonamides is 1. The highest BCUT2D eigenvalue weighted by molar-refractivity contribution is 7.92. The number of anilines is 1. The van der Waals surface area contributed by atoms with Gasteiger partial charge in [-0.1, -0.05) is 0 Å². The normalized spacial score (nSPS) is 20.4. The number of thiophene rings is 1. The Kier molecular flexibility index (Phi) is 5.20. The molecule has 1 amide bonds. The van der Waals surface area contributed by atoms with E-state index in [4.69, 9.17) is 0 Å². The topological polar surface area (TPSA) is 60.9 Å². The third-order valence-corrected chi connectivity index (χ3v) is 7.49. The van der Waals surface area contributed by atoms with E-state index in [0.717, 1.165) is 25.2 Å². The van der Waals surface area contributed by atoms with Crippen molar-refractivity contribution < 1.29 is 13.2 Å². The molecule has 3 heterocycles. The second-order valence-corrected chi connectivity index (χ2v) is 10.3. The molecule has 0 unspecified atom stereocenters. The lowest BCUT2D eigenvalue weighted by Gasteiger charge is -2.34. The number of benzene rings is 1. The summed E-state index contributed by atoms with van der Waals surface area (Å²) in [5.74, 6) is 0.0310. The van der Waals surface area contributed by atoms with Crippen LogP contribution in [0.1, 0.15) is 28.4 Å². The van der Waals surface area contributed by atoms with Gasteiger partial charge in [-0.3, -0.25) is 14.0 Å². The monoisotopic (exact) mass is 419 g/mol. The molecule has 0 radical (unpaired) electrons. The van der Waals surface area contributed by atoms with Crippen molar-refractivity contribution in [1.29, 1.82) is 0 Å². The minimum absolute atomic E-state index is 0.0310. The van der Waals surface area contributed by atoms with Gasteiger partial charge in [-0.15, -0.1) is 0 Å². The molecule has 0 N–H and O–H groups in total. The highest BCUT2D eigenvalue weighted by Gasteiger charge is 2.33. The number of hydrogen-bond acceptors (Lipinski definition) is 5. The summed E-state index contributed by atoms with van der Waals surface area (Å²) in [5.41, 5.74) is 3.60. The van der Waals surface area contributed by atoms with Gasteiger partial charge in [0.25, 0.3) is 5.91 Å². The van der Waals surface area contributed by atoms with Crippen LogP contribution in [0.25, 0.3) is 0 Å². The Morgan fingerprint density at radius 3 is 2.57 bits per heavy atom. The number of fused-ring (bicyclic) bond motifs is 1. The molecule has 1 aromatic heterocycles. The van der Waals surface area contributed by atoms with Crippen molar-refractivity contribution in [1.82, 2.24) is 9.80 Å². The fourth-order valence-corrected chi connectivity index (χ4v) is 6.10. The first kappa shape index (κ1) is 19.4. The van der Waals surface area contributed by atoms with Crippen molar-refractivity contribution >= 4 is 33.0 Å². The molecule has 0 bridgehead atoms. The largest absolute Gasteiger partial charge is 0.336 e. The molecule has 8 heteroatoms. The Balaban J connectivity index is 1.43. The lowest BCUT2D eigenvalue weighted by atomic mass is 10.1. The van der Waals surface area contributed by atoms with Gasteiger partial charge in [-0.2, -0.15) is 11.3 Å². The van der Waals surface area contributed by atoms with Gasteiger partial charge in [-0.25, -0.2) is 8.42 Å². The van der Waals surface area contributed by atoms with Gasteiger partial charge in [0.05, 0.1) is 11.9 Å². The van der Waals surface area contributed by atoms with Crippen molar-refractivity contribution in [3.05, 3.63) is 51.7 Å². The Hall–Kier alpha value is -1.90. The van der Waals surface area contributed by atoms with E-state index in [0.29, 0.717) is 30.8 Å². The van der Waals surface area contributed by atoms with E-state index in [-0.39, 0.29) is 11.9 Å². The van der Waals surface area contributed by atoms with E-state index >= 15 is 0 Å². The van der Waals surface area contributed by atoms with Crippen LogP contribution in [-0.4, -0.2) is 62.6 Å². The Labute approximate surface area is 170 Å². The summed E-state index contributed by atoms with van der Waals surface area (Å²) in [6, 6.07) is 7.44. The van der Waals surface area contributed by atoms with Crippen LogP contribution in [0.5, 0.6) is 0 Å². The Morgan fingerprint density at radius 2 is 1.93 bits per heavy atom. The van der Waals surface area contributed by atoms with Crippen LogP contribution in [0.15, 0.2) is 35.0 Å². The van der Waals surface area contributed by atoms with Crippen molar-refractivity contribution in [3.8, 4) is 0 Å². The summed E-state index contributed by atoms with van der Waals surface area (Å²) in [6.07, 6.45) is 1.87. The van der Waals surface area contributed by atoms with Crippen LogP contribution >= 0.6 is 11.3 Å². The van der Waals surface area contributed by atoms with E-state index in [2.05, 4.69) is 21.7 Å². The van der Waals surface area contributed by atoms with Crippen LogP contribution in [0, 0.1) is 0 Å². The molecule has 0 saturated carbocycles. The van der Waals surface area contributed by atoms with Gasteiger partial charge < -0.3 is 4.90 Å². The maximum Gasteiger partial charge on any atom is 0.253 e. The minimum Gasteiger partial charge on any atom is -0.336 e. The maximum absolute atomic E-state index is 13.0. The molecule has 1 fully saturated rings. The molecule has 28 heavy (non-hydrogen) atoms. The summed E-state index contributed by atoms with van der Waals surface area (Å²) < 4.78 is 25.6. The van der Waals surface area contributed by atoms with E-state index in [9.17, 15) is 13.2 Å². The Morgan fingerprint density at radius 1 is 1.18 bits per heavy atom. The second-order valence-electron chi connectivity index (χ2n) is 7.66. The van der Waals surface area contributed by atoms with Gasteiger partial charge in [0, 0.05) is 44.3 Å². The first-order valence-corrected chi connectivity index (χ1v) is 12.3. The van der Waals surface area contributed by atoms with Crippen LogP contribution in [0.4, 0.5) is 5.69 Å². The van der Waals surface area contributed by atoms with Gasteiger partial charge in [-0.05, 0) is 59.5 Å². The quantitative estimate of drug-likeness (QED) is 0.764. The lowest BCUT2D eigenvalue weighted by Crippen LogP contribution is -2.48. The second kappa shape index (κ2) is 7.50. The van der Waals surface area contributed by atoms with Crippen molar-refractivity contribution in [2.75, 3.05) is 36.7 Å². The molecule has 2 aliphatic heterocycles. The van der Waals surface area contributed by atoms with E-state index in [1.165, 1.54) is 16.1 Å². The number of carbonyl (C=O) groups excluding carboxylic acids is 1. The van der Waals surface area contributed by atoms with Crippen LogP contribution in [-0.2, 0) is 23.0 Å². The number of piperazine rings is 1. The van der Waals surface area contributed by atoms with Gasteiger partial charge in [0.15, 0.2) is 0 Å². The summed E-state index contributed by atoms with van der Waals surface area (Å²) in [6.45, 7) is 5.99. The number of amides is 1. The average Bonchev–Trinajstić information content (AvgIpc) is 3.27. The van der Waals surface area contributed by atoms with Crippen LogP contribution < -0.4 is 4.31 Å². The highest BCUT2D eigenvalue weighted by Crippen LogP contribution is 2.35. The van der Waals surface area contributed by atoms with E-state index < -0.39 is 10.0 Å². The molecule has 2 aromatic rings. The zero-order valence-electron chi connectivity index (χ0n) is 16.2. The summed E-state index contributed by atoms with van der Waals surface area (Å²) in [7, 11) is -3.31. The maximum atomic E-state index is 13.0. The molecule has 6 nitrogen and oxygen atoms in total. The molecule has 150 valence electrons. The number of rotatable bonds is 4. The number of hydrogen-bond donors (Lipinski definition) is 0. The molecular formula is C20H25N3O3S2. The van der Waals surface area contributed by atoms with E-state index in [1.54, 1.807) is 23.5 Å². The van der Waals surface area contributed by atoms with Crippen molar-refractivity contribution in [3.63, 3.8) is 0 Å². The SMILES string of the molecule is C[C@@H]1Cc2cc(C(=O)N3CCN(Cc4ccsc4)CC3)ccc2N1S(C)(=O)=O. The number of nitrogens with zero attached hydrogens (tertiary/aromatic N) is 3. The first-order valence-electron chi connectivity index (χ1n) is 9.48. The predicted octanol–water partition coefficient (Wildman–Crippen LogP) is 2.42.